The molecular weight excluding hydrogens is 296 g/mol. The van der Waals surface area contributed by atoms with E-state index < -0.39 is 22.0 Å². The molecule has 0 radical (unpaired) electrons. The molecule has 0 aliphatic heterocycles. The third-order valence-electron chi connectivity index (χ3n) is 2.84. The number of carboxylic acid groups (broad SMARTS) is 1. The van der Waals surface area contributed by atoms with Crippen molar-refractivity contribution in [1.29, 1.82) is 0 Å². The molecule has 0 amide bonds. The number of carbonyl (C=O) groups is 1. The van der Waals surface area contributed by atoms with Gasteiger partial charge in [0.25, 0.3) is 0 Å². The van der Waals surface area contributed by atoms with Crippen molar-refractivity contribution in [2.75, 3.05) is 0 Å². The van der Waals surface area contributed by atoms with Crippen LogP contribution in [0.1, 0.15) is 45.1 Å². The number of aliphatic carboxylic acids is 1. The highest BCUT2D eigenvalue weighted by atomic mass is 32.2. The molecule has 0 aromatic carbocycles. The molecule has 1 unspecified atom stereocenters. The summed E-state index contributed by atoms with van der Waals surface area (Å²) >= 11 is 0. The van der Waals surface area contributed by atoms with Crippen molar-refractivity contribution in [3.05, 3.63) is 11.5 Å². The van der Waals surface area contributed by atoms with Crippen LogP contribution in [0.25, 0.3) is 0 Å². The number of nitrogens with one attached hydrogen (secondary N) is 1. The molecule has 1 heterocycles. The van der Waals surface area contributed by atoms with Crippen LogP contribution in [-0.4, -0.2) is 30.7 Å². The van der Waals surface area contributed by atoms with E-state index in [1.54, 1.807) is 0 Å². The summed E-state index contributed by atoms with van der Waals surface area (Å²) in [6.45, 7) is 8.80. The van der Waals surface area contributed by atoms with Crippen LogP contribution >= 0.6 is 0 Å². The van der Waals surface area contributed by atoms with E-state index in [1.165, 1.54) is 13.8 Å². The Kier molecular flexibility index (Phi) is 5.16. The van der Waals surface area contributed by atoms with Crippen LogP contribution in [0, 0.1) is 19.3 Å². The fourth-order valence-electron chi connectivity index (χ4n) is 2.24. The van der Waals surface area contributed by atoms with Crippen LogP contribution in [-0.2, 0) is 14.8 Å². The highest BCUT2D eigenvalue weighted by Gasteiger charge is 2.30. The van der Waals surface area contributed by atoms with E-state index in [1.807, 2.05) is 20.8 Å². The van der Waals surface area contributed by atoms with Gasteiger partial charge in [-0.2, -0.15) is 0 Å². The fourth-order valence-corrected chi connectivity index (χ4v) is 3.81. The smallest absolute Gasteiger partial charge is 0.304 e. The lowest BCUT2D eigenvalue weighted by Gasteiger charge is -2.25. The Morgan fingerprint density at radius 2 is 1.95 bits per heavy atom. The number of aryl methyl sites for hydroxylation is 2. The standard InChI is InChI=1S/C13H22N2O5S/c1-8-12(9(2)20-14-8)21(18,19)15-10(6-11(16)17)7-13(3,4)5/h10,15H,6-7H2,1-5H3,(H,16,17). The van der Waals surface area contributed by atoms with Crippen LogP contribution in [0.5, 0.6) is 0 Å². The molecule has 1 rings (SSSR count). The van der Waals surface area contributed by atoms with Crippen LogP contribution in [0.15, 0.2) is 9.42 Å². The number of hydrogen-bond donors (Lipinski definition) is 2. The molecule has 2 N–H and O–H groups in total. The Balaban J connectivity index is 3.04. The van der Waals surface area contributed by atoms with Crippen molar-refractivity contribution in [3.63, 3.8) is 0 Å². The monoisotopic (exact) mass is 318 g/mol. The number of nitrogens with zero attached hydrogens (tertiary/aromatic N) is 1. The summed E-state index contributed by atoms with van der Waals surface area (Å²) in [5, 5.41) is 12.6. The Morgan fingerprint density at radius 3 is 2.33 bits per heavy atom. The van der Waals surface area contributed by atoms with Crippen molar-refractivity contribution < 1.29 is 22.8 Å². The van der Waals surface area contributed by atoms with Crippen molar-refractivity contribution >= 4 is 16.0 Å². The predicted molar refractivity (Wildman–Crippen MR) is 76.4 cm³/mol. The summed E-state index contributed by atoms with van der Waals surface area (Å²) in [5.74, 6) is -0.865. The molecule has 0 fully saturated rings. The van der Waals surface area contributed by atoms with E-state index in [0.29, 0.717) is 6.42 Å². The van der Waals surface area contributed by atoms with E-state index >= 15 is 0 Å². The fraction of sp³-hybridized carbons (Fsp3) is 0.692. The van der Waals surface area contributed by atoms with E-state index in [4.69, 9.17) is 9.63 Å². The molecular formula is C13H22N2O5S. The minimum absolute atomic E-state index is 0.0215. The molecule has 1 aromatic heterocycles. The van der Waals surface area contributed by atoms with Gasteiger partial charge < -0.3 is 9.63 Å². The van der Waals surface area contributed by atoms with Gasteiger partial charge in [-0.1, -0.05) is 25.9 Å². The average molecular weight is 318 g/mol. The molecule has 1 aromatic rings. The average Bonchev–Trinajstić information content (AvgIpc) is 2.54. The second-order valence-corrected chi connectivity index (χ2v) is 7.98. The number of rotatable bonds is 6. The Labute approximate surface area is 124 Å². The summed E-state index contributed by atoms with van der Waals surface area (Å²) in [7, 11) is -3.87. The minimum atomic E-state index is -3.87. The van der Waals surface area contributed by atoms with E-state index in [2.05, 4.69) is 9.88 Å². The van der Waals surface area contributed by atoms with Crippen molar-refractivity contribution in [2.45, 2.75) is 58.4 Å². The second kappa shape index (κ2) is 6.15. The normalized spacial score (nSPS) is 14.1. The molecule has 0 saturated carbocycles. The number of aromatic nitrogens is 1. The van der Waals surface area contributed by atoms with Gasteiger partial charge in [-0.3, -0.25) is 4.79 Å². The summed E-state index contributed by atoms with van der Waals surface area (Å²) in [6.07, 6.45) is 0.127. The molecule has 1 atom stereocenters. The molecule has 0 spiro atoms. The Hall–Kier alpha value is -1.41. The number of carboxylic acids is 1. The van der Waals surface area contributed by atoms with Gasteiger partial charge in [-0.25, -0.2) is 13.1 Å². The Bertz CT molecular complexity index is 593. The zero-order valence-corrected chi connectivity index (χ0v) is 13.7. The summed E-state index contributed by atoms with van der Waals surface area (Å²) in [5.41, 5.74) is 0.0475. The largest absolute Gasteiger partial charge is 0.481 e. The minimum Gasteiger partial charge on any atom is -0.481 e. The van der Waals surface area contributed by atoms with Crippen LogP contribution < -0.4 is 4.72 Å². The van der Waals surface area contributed by atoms with Crippen LogP contribution in [0.2, 0.25) is 0 Å². The highest BCUT2D eigenvalue weighted by Crippen LogP contribution is 2.25. The van der Waals surface area contributed by atoms with Crippen LogP contribution in [0.4, 0.5) is 0 Å². The van der Waals surface area contributed by atoms with Gasteiger partial charge in [0.15, 0.2) is 5.76 Å². The summed E-state index contributed by atoms with van der Waals surface area (Å²) in [6, 6.07) is -0.693. The van der Waals surface area contributed by atoms with Crippen molar-refractivity contribution in [2.24, 2.45) is 5.41 Å². The molecule has 0 saturated heterocycles. The maximum Gasteiger partial charge on any atom is 0.304 e. The first kappa shape index (κ1) is 17.6. The molecule has 7 nitrogen and oxygen atoms in total. The second-order valence-electron chi connectivity index (χ2n) is 6.33. The van der Waals surface area contributed by atoms with Gasteiger partial charge >= 0.3 is 5.97 Å². The Morgan fingerprint density at radius 1 is 1.38 bits per heavy atom. The topological polar surface area (TPSA) is 110 Å². The van der Waals surface area contributed by atoms with Crippen LogP contribution in [0.3, 0.4) is 0 Å². The highest BCUT2D eigenvalue weighted by molar-refractivity contribution is 7.89. The molecule has 0 bridgehead atoms. The molecule has 0 aliphatic carbocycles. The first-order chi connectivity index (χ1) is 9.42. The molecule has 0 aliphatic rings. The molecule has 120 valence electrons. The first-order valence-corrected chi connectivity index (χ1v) is 8.08. The van der Waals surface area contributed by atoms with Gasteiger partial charge in [0.1, 0.15) is 10.6 Å². The number of hydrogen-bond acceptors (Lipinski definition) is 5. The lowest BCUT2D eigenvalue weighted by atomic mass is 9.87. The zero-order chi connectivity index (χ0) is 16.4. The molecule has 21 heavy (non-hydrogen) atoms. The van der Waals surface area contributed by atoms with Gasteiger partial charge in [0.05, 0.1) is 6.42 Å². The van der Waals surface area contributed by atoms with E-state index in [0.717, 1.165) is 0 Å². The lowest BCUT2D eigenvalue weighted by Crippen LogP contribution is -2.39. The lowest BCUT2D eigenvalue weighted by molar-refractivity contribution is -0.137. The SMILES string of the molecule is Cc1noc(C)c1S(=O)(=O)NC(CC(=O)O)CC(C)(C)C. The van der Waals surface area contributed by atoms with Gasteiger partial charge in [-0.05, 0) is 25.7 Å². The van der Waals surface area contributed by atoms with E-state index in [-0.39, 0.29) is 28.2 Å². The first-order valence-electron chi connectivity index (χ1n) is 6.59. The predicted octanol–water partition coefficient (Wildman–Crippen LogP) is 1.85. The third-order valence-corrected chi connectivity index (χ3v) is 4.60. The zero-order valence-electron chi connectivity index (χ0n) is 12.9. The van der Waals surface area contributed by atoms with E-state index in [9.17, 15) is 13.2 Å². The summed E-state index contributed by atoms with van der Waals surface area (Å²) < 4.78 is 32.1. The maximum atomic E-state index is 12.4. The molecule has 8 heteroatoms. The van der Waals surface area contributed by atoms with Gasteiger partial charge in [-0.15, -0.1) is 0 Å². The summed E-state index contributed by atoms with van der Waals surface area (Å²) in [4.78, 5) is 10.9. The van der Waals surface area contributed by atoms with Crippen molar-refractivity contribution in [3.8, 4) is 0 Å². The quantitative estimate of drug-likeness (QED) is 0.828. The van der Waals surface area contributed by atoms with Gasteiger partial charge in [0.2, 0.25) is 10.0 Å². The van der Waals surface area contributed by atoms with Gasteiger partial charge in [0, 0.05) is 6.04 Å². The van der Waals surface area contributed by atoms with Crippen molar-refractivity contribution in [1.82, 2.24) is 9.88 Å². The maximum absolute atomic E-state index is 12.4. The number of sulfonamides is 1. The third kappa shape index (κ3) is 5.13.